The Morgan fingerprint density at radius 1 is 1.27 bits per heavy atom. The molecular formula is C16H16ClF3N2O3S. The lowest BCUT2D eigenvalue weighted by molar-refractivity contribution is -0.138. The van der Waals surface area contributed by atoms with Crippen LogP contribution in [0.25, 0.3) is 0 Å². The van der Waals surface area contributed by atoms with Gasteiger partial charge in [0, 0.05) is 24.3 Å². The Kier molecular flexibility index (Phi) is 5.83. The third-order valence-corrected chi connectivity index (χ3v) is 5.41. The highest BCUT2D eigenvalue weighted by atomic mass is 35.5. The average molecular weight is 409 g/mol. The number of rotatable bonds is 4. The van der Waals surface area contributed by atoms with E-state index in [2.05, 4.69) is 10.2 Å². The van der Waals surface area contributed by atoms with Crippen LogP contribution in [0.15, 0.2) is 18.2 Å². The molecule has 142 valence electrons. The summed E-state index contributed by atoms with van der Waals surface area (Å²) in [6, 6.07) is 5.11. The zero-order valence-corrected chi connectivity index (χ0v) is 15.0. The van der Waals surface area contributed by atoms with Gasteiger partial charge in [-0.05, 0) is 17.2 Å². The summed E-state index contributed by atoms with van der Waals surface area (Å²) in [5.41, 5.74) is 1.33. The normalized spacial score (nSPS) is 24.0. The molecule has 5 nitrogen and oxygen atoms in total. The number of hydrogen-bond donors (Lipinski definition) is 2. The topological polar surface area (TPSA) is 75.5 Å². The minimum absolute atomic E-state index is 0.110. The molecule has 1 aliphatic rings. The van der Waals surface area contributed by atoms with Crippen molar-refractivity contribution < 1.29 is 28.1 Å². The fourth-order valence-corrected chi connectivity index (χ4v) is 3.77. The lowest BCUT2D eigenvalue weighted by Crippen LogP contribution is -2.33. The number of halogens is 4. The predicted molar refractivity (Wildman–Crippen MR) is 89.1 cm³/mol. The van der Waals surface area contributed by atoms with E-state index in [1.54, 1.807) is 18.2 Å². The molecule has 2 aromatic rings. The molecule has 1 aromatic carbocycles. The maximum atomic E-state index is 12.7. The second-order valence-electron chi connectivity index (χ2n) is 6.08. The zero-order chi connectivity index (χ0) is 18.9. The molecule has 0 aliphatic carbocycles. The number of aromatic nitrogens is 2. The predicted octanol–water partition coefficient (Wildman–Crippen LogP) is 3.37. The van der Waals surface area contributed by atoms with E-state index in [-0.39, 0.29) is 18.0 Å². The Hall–Kier alpha value is -1.26. The average Bonchev–Trinajstić information content (AvgIpc) is 3.05. The van der Waals surface area contributed by atoms with Crippen LogP contribution < -0.4 is 0 Å². The van der Waals surface area contributed by atoms with Gasteiger partial charge in [-0.2, -0.15) is 13.2 Å². The van der Waals surface area contributed by atoms with Gasteiger partial charge in [-0.15, -0.1) is 10.2 Å². The van der Waals surface area contributed by atoms with Gasteiger partial charge in [0.25, 0.3) is 0 Å². The van der Waals surface area contributed by atoms with Crippen molar-refractivity contribution in [3.8, 4) is 0 Å². The first kappa shape index (κ1) is 19.5. The number of nitrogens with zero attached hydrogens (tertiary/aromatic N) is 2. The van der Waals surface area contributed by atoms with E-state index in [1.807, 2.05) is 0 Å². The minimum atomic E-state index is -4.52. The van der Waals surface area contributed by atoms with Gasteiger partial charge in [0.1, 0.15) is 5.01 Å². The third-order valence-electron chi connectivity index (χ3n) is 4.07. The van der Waals surface area contributed by atoms with Crippen LogP contribution in [0.1, 0.15) is 40.1 Å². The van der Waals surface area contributed by atoms with Crippen LogP contribution in [0.3, 0.4) is 0 Å². The fraction of sp³-hybridized carbons (Fsp3) is 0.500. The molecule has 1 fully saturated rings. The van der Waals surface area contributed by atoms with Crippen molar-refractivity contribution in [3.05, 3.63) is 44.4 Å². The highest BCUT2D eigenvalue weighted by Gasteiger charge is 2.35. The number of alkyl halides is 3. The van der Waals surface area contributed by atoms with Crippen LogP contribution in [0.2, 0.25) is 5.02 Å². The Morgan fingerprint density at radius 3 is 2.69 bits per heavy atom. The fourth-order valence-electron chi connectivity index (χ4n) is 2.86. The maximum Gasteiger partial charge on any atom is 0.445 e. The molecule has 3 unspecified atom stereocenters. The summed E-state index contributed by atoms with van der Waals surface area (Å²) in [6.45, 7) is -0.195. The van der Waals surface area contributed by atoms with E-state index in [0.29, 0.717) is 34.8 Å². The van der Waals surface area contributed by atoms with Gasteiger partial charge in [-0.3, -0.25) is 0 Å². The SMILES string of the molecule is OCC1CC(O)CC(c2ccc(Cl)c(Cc3nnc(C(F)(F)F)s3)c2)O1. The second kappa shape index (κ2) is 7.77. The molecule has 2 N–H and O–H groups in total. The first-order chi connectivity index (χ1) is 12.3. The van der Waals surface area contributed by atoms with Crippen LogP contribution in [0, 0.1) is 0 Å². The molecule has 10 heteroatoms. The third kappa shape index (κ3) is 4.52. The van der Waals surface area contributed by atoms with Gasteiger partial charge < -0.3 is 14.9 Å². The summed E-state index contributed by atoms with van der Waals surface area (Å²) in [7, 11) is 0. The van der Waals surface area contributed by atoms with Crippen LogP contribution in [-0.2, 0) is 17.3 Å². The summed E-state index contributed by atoms with van der Waals surface area (Å²) in [4.78, 5) is 0. The van der Waals surface area contributed by atoms with E-state index in [0.717, 1.165) is 5.56 Å². The largest absolute Gasteiger partial charge is 0.445 e. The van der Waals surface area contributed by atoms with Crippen LogP contribution in [0.4, 0.5) is 13.2 Å². The summed E-state index contributed by atoms with van der Waals surface area (Å²) in [6.07, 6.45) is -5.16. The monoisotopic (exact) mass is 408 g/mol. The Labute approximate surface area is 156 Å². The highest BCUT2D eigenvalue weighted by molar-refractivity contribution is 7.11. The molecule has 0 saturated carbocycles. The molecule has 1 aliphatic heterocycles. The van der Waals surface area contributed by atoms with E-state index >= 15 is 0 Å². The standard InChI is InChI=1S/C16H16ClF3N2O3S/c17-12-2-1-8(13-6-10(24)5-11(7-23)25-13)3-9(12)4-14-21-22-15(26-14)16(18,19)20/h1-3,10-11,13,23-24H,4-7H2. The van der Waals surface area contributed by atoms with Crippen molar-refractivity contribution in [1.29, 1.82) is 0 Å². The van der Waals surface area contributed by atoms with Crippen molar-refractivity contribution in [3.63, 3.8) is 0 Å². The molecule has 26 heavy (non-hydrogen) atoms. The number of aliphatic hydroxyl groups excluding tert-OH is 2. The van der Waals surface area contributed by atoms with Gasteiger partial charge >= 0.3 is 6.18 Å². The molecule has 3 atom stereocenters. The molecule has 0 amide bonds. The summed E-state index contributed by atoms with van der Waals surface area (Å²) in [5.74, 6) is 0. The molecule has 0 bridgehead atoms. The van der Waals surface area contributed by atoms with E-state index < -0.39 is 29.5 Å². The van der Waals surface area contributed by atoms with Gasteiger partial charge in [-0.25, -0.2) is 0 Å². The summed E-state index contributed by atoms with van der Waals surface area (Å²) in [5, 5.41) is 25.6. The van der Waals surface area contributed by atoms with Crippen molar-refractivity contribution in [1.82, 2.24) is 10.2 Å². The molecule has 0 spiro atoms. The minimum Gasteiger partial charge on any atom is -0.394 e. The second-order valence-corrected chi connectivity index (χ2v) is 7.55. The summed E-state index contributed by atoms with van der Waals surface area (Å²) >= 11 is 6.65. The van der Waals surface area contributed by atoms with Crippen molar-refractivity contribution in [2.75, 3.05) is 6.61 Å². The lowest BCUT2D eigenvalue weighted by atomic mass is 9.95. The number of hydrogen-bond acceptors (Lipinski definition) is 6. The van der Waals surface area contributed by atoms with Crippen molar-refractivity contribution in [2.45, 2.75) is 43.8 Å². The Bertz CT molecular complexity index is 771. The number of benzene rings is 1. The van der Waals surface area contributed by atoms with Crippen molar-refractivity contribution in [2.24, 2.45) is 0 Å². The molecular weight excluding hydrogens is 393 g/mol. The van der Waals surface area contributed by atoms with Gasteiger partial charge in [0.15, 0.2) is 0 Å². The molecule has 0 radical (unpaired) electrons. The number of ether oxygens (including phenoxy) is 1. The smallest absolute Gasteiger partial charge is 0.394 e. The quantitative estimate of drug-likeness (QED) is 0.811. The molecule has 2 heterocycles. The van der Waals surface area contributed by atoms with Crippen molar-refractivity contribution >= 4 is 22.9 Å². The summed E-state index contributed by atoms with van der Waals surface area (Å²) < 4.78 is 43.7. The lowest BCUT2D eigenvalue weighted by Gasteiger charge is -2.32. The molecule has 1 aromatic heterocycles. The number of aliphatic hydroxyl groups is 2. The Morgan fingerprint density at radius 2 is 2.04 bits per heavy atom. The van der Waals surface area contributed by atoms with Gasteiger partial charge in [-0.1, -0.05) is 35.1 Å². The van der Waals surface area contributed by atoms with Crippen LogP contribution in [-0.4, -0.2) is 39.2 Å². The van der Waals surface area contributed by atoms with E-state index in [9.17, 15) is 23.4 Å². The van der Waals surface area contributed by atoms with Gasteiger partial charge in [0.05, 0.1) is 24.9 Å². The maximum absolute atomic E-state index is 12.7. The first-order valence-electron chi connectivity index (χ1n) is 7.88. The first-order valence-corrected chi connectivity index (χ1v) is 9.08. The zero-order valence-electron chi connectivity index (χ0n) is 13.4. The molecule has 3 rings (SSSR count). The van der Waals surface area contributed by atoms with Crippen LogP contribution in [0.5, 0.6) is 0 Å². The van der Waals surface area contributed by atoms with E-state index in [4.69, 9.17) is 16.3 Å². The van der Waals surface area contributed by atoms with Gasteiger partial charge in [0.2, 0.25) is 5.01 Å². The highest BCUT2D eigenvalue weighted by Crippen LogP contribution is 2.35. The van der Waals surface area contributed by atoms with Crippen LogP contribution >= 0.6 is 22.9 Å². The molecule has 1 saturated heterocycles. The Balaban J connectivity index is 1.80. The van der Waals surface area contributed by atoms with E-state index in [1.165, 1.54) is 0 Å².